The first-order valence-electron chi connectivity index (χ1n) is 8.73. The summed E-state index contributed by atoms with van der Waals surface area (Å²) >= 11 is 6.43. The quantitative estimate of drug-likeness (QED) is 0.729. The minimum absolute atomic E-state index is 0.477. The maximum Gasteiger partial charge on any atom is 0.163 e. The predicted octanol–water partition coefficient (Wildman–Crippen LogP) is 5.03. The highest BCUT2D eigenvalue weighted by molar-refractivity contribution is 6.33. The second-order valence-corrected chi connectivity index (χ2v) is 7.18. The zero-order chi connectivity index (χ0) is 14.9. The Balaban J connectivity index is 1.74. The molecule has 0 saturated heterocycles. The lowest BCUT2D eigenvalue weighted by molar-refractivity contribution is 0.335. The molecule has 2 aliphatic carbocycles. The fraction of sp³-hybridized carbons (Fsp3) is 0.706. The molecule has 2 aromatic heterocycles. The lowest BCUT2D eigenvalue weighted by atomic mass is 9.89. The molecule has 0 amide bonds. The maximum atomic E-state index is 6.43. The maximum absolute atomic E-state index is 6.43. The molecule has 118 valence electrons. The Morgan fingerprint density at radius 3 is 2.32 bits per heavy atom. The molecule has 0 bridgehead atoms. The Morgan fingerprint density at radius 1 is 0.909 bits per heavy atom. The summed E-state index contributed by atoms with van der Waals surface area (Å²) < 4.78 is 2.12. The van der Waals surface area contributed by atoms with Gasteiger partial charge in [-0.25, -0.2) is 14.6 Å². The van der Waals surface area contributed by atoms with Gasteiger partial charge in [-0.3, -0.25) is 0 Å². The number of nitrogens with zero attached hydrogens (tertiary/aromatic N) is 4. The number of fused-ring (bicyclic) bond motifs is 1. The highest BCUT2D eigenvalue weighted by Crippen LogP contribution is 2.35. The van der Waals surface area contributed by atoms with E-state index < -0.39 is 0 Å². The van der Waals surface area contributed by atoms with Crippen LogP contribution in [0.1, 0.15) is 82.0 Å². The van der Waals surface area contributed by atoms with Crippen molar-refractivity contribution in [2.24, 2.45) is 0 Å². The molecule has 5 heteroatoms. The van der Waals surface area contributed by atoms with Crippen molar-refractivity contribution >= 4 is 22.6 Å². The molecule has 2 aromatic rings. The first kappa shape index (κ1) is 14.4. The van der Waals surface area contributed by atoms with Gasteiger partial charge in [-0.2, -0.15) is 5.10 Å². The summed E-state index contributed by atoms with van der Waals surface area (Å²) in [7, 11) is 0. The van der Waals surface area contributed by atoms with Gasteiger partial charge in [0, 0.05) is 5.92 Å². The molecule has 0 spiro atoms. The van der Waals surface area contributed by atoms with E-state index in [4.69, 9.17) is 16.6 Å². The molecular weight excluding hydrogens is 296 g/mol. The van der Waals surface area contributed by atoms with E-state index in [1.165, 1.54) is 64.2 Å². The Morgan fingerprint density at radius 2 is 1.59 bits per heavy atom. The van der Waals surface area contributed by atoms with Crippen LogP contribution in [0.4, 0.5) is 0 Å². The van der Waals surface area contributed by atoms with Crippen molar-refractivity contribution in [2.75, 3.05) is 0 Å². The van der Waals surface area contributed by atoms with Gasteiger partial charge in [0.05, 0.1) is 17.6 Å². The van der Waals surface area contributed by atoms with Crippen molar-refractivity contribution in [3.63, 3.8) is 0 Å². The minimum atomic E-state index is 0.477. The number of rotatable bonds is 2. The van der Waals surface area contributed by atoms with Crippen LogP contribution in [0.5, 0.6) is 0 Å². The lowest BCUT2D eigenvalue weighted by Crippen LogP contribution is -2.15. The molecule has 0 aromatic carbocycles. The summed E-state index contributed by atoms with van der Waals surface area (Å²) in [5.41, 5.74) is 0.951. The van der Waals surface area contributed by atoms with Crippen LogP contribution in [0.25, 0.3) is 11.0 Å². The van der Waals surface area contributed by atoms with Crippen LogP contribution in [0.3, 0.4) is 0 Å². The van der Waals surface area contributed by atoms with Crippen LogP contribution in [-0.4, -0.2) is 19.7 Å². The monoisotopic (exact) mass is 318 g/mol. The first-order chi connectivity index (χ1) is 10.8. The van der Waals surface area contributed by atoms with Crippen molar-refractivity contribution < 1.29 is 0 Å². The second kappa shape index (κ2) is 6.15. The number of aromatic nitrogens is 4. The zero-order valence-corrected chi connectivity index (χ0v) is 13.7. The molecule has 4 nitrogen and oxygen atoms in total. The minimum Gasteiger partial charge on any atom is -0.244 e. The molecule has 2 fully saturated rings. The summed E-state index contributed by atoms with van der Waals surface area (Å²) in [5, 5.41) is 6.08. The summed E-state index contributed by atoms with van der Waals surface area (Å²) in [6, 6.07) is 0.483. The fourth-order valence-corrected chi connectivity index (χ4v) is 4.26. The normalized spacial score (nSPS) is 21.5. The lowest BCUT2D eigenvalue weighted by Gasteiger charge is -2.23. The molecule has 22 heavy (non-hydrogen) atoms. The summed E-state index contributed by atoms with van der Waals surface area (Å²) in [6.07, 6.45) is 14.5. The summed E-state index contributed by atoms with van der Waals surface area (Å²) in [5.74, 6) is 1.42. The molecule has 0 aliphatic heterocycles. The molecule has 4 rings (SSSR count). The summed E-state index contributed by atoms with van der Waals surface area (Å²) in [4.78, 5) is 9.48. The van der Waals surface area contributed by atoms with Crippen molar-refractivity contribution in [3.8, 4) is 0 Å². The van der Waals surface area contributed by atoms with Gasteiger partial charge in [-0.05, 0) is 25.7 Å². The van der Waals surface area contributed by atoms with E-state index in [1.54, 1.807) is 0 Å². The van der Waals surface area contributed by atoms with Crippen molar-refractivity contribution in [1.29, 1.82) is 0 Å². The largest absolute Gasteiger partial charge is 0.244 e. The van der Waals surface area contributed by atoms with Crippen molar-refractivity contribution in [2.45, 2.75) is 76.2 Å². The Bertz CT molecular complexity index is 654. The van der Waals surface area contributed by atoms with Gasteiger partial charge in [0.25, 0.3) is 0 Å². The van der Waals surface area contributed by atoms with E-state index in [-0.39, 0.29) is 0 Å². The third-order valence-electron chi connectivity index (χ3n) is 5.32. The van der Waals surface area contributed by atoms with E-state index in [9.17, 15) is 0 Å². The average molecular weight is 319 g/mol. The topological polar surface area (TPSA) is 43.6 Å². The first-order valence-corrected chi connectivity index (χ1v) is 9.11. The zero-order valence-electron chi connectivity index (χ0n) is 13.0. The average Bonchev–Trinajstić information content (AvgIpc) is 3.01. The smallest absolute Gasteiger partial charge is 0.163 e. The molecule has 0 atom stereocenters. The second-order valence-electron chi connectivity index (χ2n) is 6.83. The van der Waals surface area contributed by atoms with Crippen LogP contribution in [0.15, 0.2) is 6.20 Å². The SMILES string of the molecule is Clc1nc(C2CCCCC2)nc2c1cnn2C1CCCCC1. The van der Waals surface area contributed by atoms with Gasteiger partial charge in [-0.15, -0.1) is 0 Å². The Labute approximate surface area is 136 Å². The van der Waals surface area contributed by atoms with E-state index >= 15 is 0 Å². The Hall–Kier alpha value is -1.16. The predicted molar refractivity (Wildman–Crippen MR) is 88.3 cm³/mol. The molecular formula is C17H23ClN4. The van der Waals surface area contributed by atoms with Gasteiger partial charge in [0.15, 0.2) is 5.65 Å². The van der Waals surface area contributed by atoms with Gasteiger partial charge < -0.3 is 0 Å². The van der Waals surface area contributed by atoms with E-state index in [2.05, 4.69) is 14.8 Å². The molecule has 2 heterocycles. The third kappa shape index (κ3) is 2.62. The highest BCUT2D eigenvalue weighted by atomic mass is 35.5. The van der Waals surface area contributed by atoms with E-state index in [1.807, 2.05) is 6.20 Å². The number of hydrogen-bond donors (Lipinski definition) is 0. The standard InChI is InChI=1S/C17H23ClN4/c18-15-14-11-19-22(13-9-5-2-6-10-13)17(14)21-16(20-15)12-7-3-1-4-8-12/h11-13H,1-10H2. The van der Waals surface area contributed by atoms with Crippen LogP contribution in [-0.2, 0) is 0 Å². The molecule has 0 radical (unpaired) electrons. The van der Waals surface area contributed by atoms with Crippen LogP contribution in [0, 0.1) is 0 Å². The number of halogens is 1. The van der Waals surface area contributed by atoms with Gasteiger partial charge >= 0.3 is 0 Å². The molecule has 0 unspecified atom stereocenters. The van der Waals surface area contributed by atoms with E-state index in [0.29, 0.717) is 17.1 Å². The molecule has 2 aliphatic rings. The molecule has 0 N–H and O–H groups in total. The Kier molecular flexibility index (Phi) is 4.03. The van der Waals surface area contributed by atoms with E-state index in [0.717, 1.165) is 16.9 Å². The van der Waals surface area contributed by atoms with Crippen LogP contribution in [0.2, 0.25) is 5.15 Å². The van der Waals surface area contributed by atoms with Gasteiger partial charge in [-0.1, -0.05) is 50.1 Å². The van der Waals surface area contributed by atoms with Gasteiger partial charge in [0.1, 0.15) is 11.0 Å². The van der Waals surface area contributed by atoms with Crippen molar-refractivity contribution in [1.82, 2.24) is 19.7 Å². The fourth-order valence-electron chi connectivity index (χ4n) is 4.04. The van der Waals surface area contributed by atoms with Gasteiger partial charge in [0.2, 0.25) is 0 Å². The van der Waals surface area contributed by atoms with Crippen LogP contribution >= 0.6 is 11.6 Å². The third-order valence-corrected chi connectivity index (χ3v) is 5.60. The highest BCUT2D eigenvalue weighted by Gasteiger charge is 2.23. The number of hydrogen-bond acceptors (Lipinski definition) is 3. The van der Waals surface area contributed by atoms with Crippen molar-refractivity contribution in [3.05, 3.63) is 17.2 Å². The molecule has 2 saturated carbocycles. The van der Waals surface area contributed by atoms with Crippen LogP contribution < -0.4 is 0 Å². The summed E-state index contributed by atoms with van der Waals surface area (Å²) in [6.45, 7) is 0.